The van der Waals surface area contributed by atoms with E-state index in [-0.39, 0.29) is 23.8 Å². The maximum Gasteiger partial charge on any atom is 0.244 e. The van der Waals surface area contributed by atoms with Crippen molar-refractivity contribution >= 4 is 27.5 Å². The molecule has 0 unspecified atom stereocenters. The Hall–Kier alpha value is -3.07. The van der Waals surface area contributed by atoms with Crippen LogP contribution in [0.2, 0.25) is 0 Å². The lowest BCUT2D eigenvalue weighted by Crippen LogP contribution is -2.51. The van der Waals surface area contributed by atoms with Gasteiger partial charge in [0.05, 0.1) is 19.1 Å². The minimum absolute atomic E-state index is 0.101. The number of carbonyl (C=O) groups excluding carboxylic acids is 2. The third-order valence-corrected chi connectivity index (χ3v) is 7.18. The van der Waals surface area contributed by atoms with Crippen molar-refractivity contribution in [3.63, 3.8) is 0 Å². The average molecular weight is 532 g/mol. The van der Waals surface area contributed by atoms with Crippen molar-refractivity contribution in [2.45, 2.75) is 59.5 Å². The van der Waals surface area contributed by atoms with Crippen molar-refractivity contribution in [3.05, 3.63) is 59.7 Å². The zero-order chi connectivity index (χ0) is 28.0. The smallest absolute Gasteiger partial charge is 0.244 e. The minimum Gasteiger partial charge on any atom is -0.497 e. The lowest BCUT2D eigenvalue weighted by Gasteiger charge is -2.32. The third-order valence-electron chi connectivity index (χ3n) is 6.04. The number of hydrogen-bond donors (Lipinski definition) is 1. The molecule has 1 N–H and O–H groups in total. The largest absolute Gasteiger partial charge is 0.497 e. The Balaban J connectivity index is 2.40. The summed E-state index contributed by atoms with van der Waals surface area (Å²) in [5, 5.41) is 2.87. The van der Waals surface area contributed by atoms with Gasteiger partial charge < -0.3 is 15.0 Å². The van der Waals surface area contributed by atoms with E-state index in [9.17, 15) is 18.0 Å². The molecule has 0 bridgehead atoms. The summed E-state index contributed by atoms with van der Waals surface area (Å²) in [5.41, 5.74) is 2.10. The summed E-state index contributed by atoms with van der Waals surface area (Å²) in [4.78, 5) is 28.0. The average Bonchev–Trinajstić information content (AvgIpc) is 2.82. The van der Waals surface area contributed by atoms with Crippen molar-refractivity contribution in [1.29, 1.82) is 0 Å². The first-order chi connectivity index (χ1) is 17.1. The number of benzene rings is 2. The highest BCUT2D eigenvalue weighted by atomic mass is 32.2. The van der Waals surface area contributed by atoms with Crippen LogP contribution in [0.4, 0.5) is 5.69 Å². The third kappa shape index (κ3) is 8.77. The molecule has 0 aliphatic rings. The van der Waals surface area contributed by atoms with E-state index in [0.717, 1.165) is 21.7 Å². The normalized spacial score (nSPS) is 12.7. The molecule has 0 radical (unpaired) electrons. The molecule has 37 heavy (non-hydrogen) atoms. The Morgan fingerprint density at radius 3 is 2.16 bits per heavy atom. The highest BCUT2D eigenvalue weighted by Crippen LogP contribution is 2.26. The fourth-order valence-corrected chi connectivity index (χ4v) is 4.59. The monoisotopic (exact) mass is 531 g/mol. The predicted molar refractivity (Wildman–Crippen MR) is 148 cm³/mol. The van der Waals surface area contributed by atoms with Gasteiger partial charge in [-0.1, -0.05) is 58.9 Å². The van der Waals surface area contributed by atoms with Gasteiger partial charge in [0.1, 0.15) is 18.3 Å². The topological polar surface area (TPSA) is 96.0 Å². The molecule has 8 nitrogen and oxygen atoms in total. The quantitative estimate of drug-likeness (QED) is 0.474. The van der Waals surface area contributed by atoms with Crippen LogP contribution in [0.5, 0.6) is 5.75 Å². The van der Waals surface area contributed by atoms with E-state index in [4.69, 9.17) is 4.74 Å². The molecule has 0 aliphatic heterocycles. The highest BCUT2D eigenvalue weighted by molar-refractivity contribution is 7.92. The molecular formula is C28H41N3O5S. The Morgan fingerprint density at radius 1 is 1.03 bits per heavy atom. The van der Waals surface area contributed by atoms with Crippen molar-refractivity contribution in [1.82, 2.24) is 10.2 Å². The van der Waals surface area contributed by atoms with E-state index in [1.165, 1.54) is 4.90 Å². The van der Waals surface area contributed by atoms with Crippen LogP contribution in [-0.4, -0.2) is 57.6 Å². The second-order valence-corrected chi connectivity index (χ2v) is 12.7. The Kier molecular flexibility index (Phi) is 10.1. The molecule has 2 amide bonds. The van der Waals surface area contributed by atoms with Gasteiger partial charge >= 0.3 is 0 Å². The number of anilines is 1. The lowest BCUT2D eigenvalue weighted by molar-refractivity contribution is -0.139. The summed E-state index contributed by atoms with van der Waals surface area (Å²) in [6.45, 7) is 12.0. The van der Waals surface area contributed by atoms with Crippen molar-refractivity contribution < 1.29 is 22.7 Å². The summed E-state index contributed by atoms with van der Waals surface area (Å²) in [7, 11) is -2.23. The molecule has 0 fully saturated rings. The number of methoxy groups -OCH3 is 1. The van der Waals surface area contributed by atoms with Crippen molar-refractivity contribution in [3.8, 4) is 5.75 Å². The van der Waals surface area contributed by atoms with E-state index in [0.29, 0.717) is 18.0 Å². The Labute approximate surface area is 222 Å². The van der Waals surface area contributed by atoms with Crippen molar-refractivity contribution in [2.75, 3.05) is 30.8 Å². The number of carbonyl (C=O) groups is 2. The van der Waals surface area contributed by atoms with Gasteiger partial charge in [0.2, 0.25) is 21.8 Å². The van der Waals surface area contributed by atoms with E-state index in [2.05, 4.69) is 26.1 Å². The number of ether oxygens (including phenoxy) is 1. The summed E-state index contributed by atoms with van der Waals surface area (Å²) in [6.07, 6.45) is 1.07. The van der Waals surface area contributed by atoms with Gasteiger partial charge in [-0.15, -0.1) is 0 Å². The van der Waals surface area contributed by atoms with Gasteiger partial charge in [0.25, 0.3) is 0 Å². The maximum absolute atomic E-state index is 13.7. The van der Waals surface area contributed by atoms with Gasteiger partial charge in [-0.2, -0.15) is 0 Å². The molecule has 2 aromatic rings. The number of amides is 2. The molecule has 204 valence electrons. The van der Waals surface area contributed by atoms with Crippen molar-refractivity contribution in [2.24, 2.45) is 5.92 Å². The second kappa shape index (κ2) is 12.4. The van der Waals surface area contributed by atoms with Gasteiger partial charge in [-0.05, 0) is 53.6 Å². The summed E-state index contributed by atoms with van der Waals surface area (Å²) in [6, 6.07) is 13.6. The van der Waals surface area contributed by atoms with E-state index in [1.807, 2.05) is 32.0 Å². The van der Waals surface area contributed by atoms with E-state index < -0.39 is 28.5 Å². The summed E-state index contributed by atoms with van der Waals surface area (Å²) >= 11 is 0. The summed E-state index contributed by atoms with van der Waals surface area (Å²) in [5.74, 6) is 0.0831. The molecule has 0 saturated heterocycles. The molecule has 0 spiro atoms. The highest BCUT2D eigenvalue weighted by Gasteiger charge is 2.30. The van der Waals surface area contributed by atoms with Gasteiger partial charge in [-0.25, -0.2) is 8.42 Å². The van der Waals surface area contributed by atoms with Crippen LogP contribution in [0, 0.1) is 5.92 Å². The van der Waals surface area contributed by atoms with Crippen LogP contribution < -0.4 is 14.4 Å². The Morgan fingerprint density at radius 2 is 1.65 bits per heavy atom. The molecular weight excluding hydrogens is 490 g/mol. The lowest BCUT2D eigenvalue weighted by atomic mass is 9.87. The molecule has 1 atom stereocenters. The zero-order valence-corrected chi connectivity index (χ0v) is 24.1. The molecule has 0 aromatic heterocycles. The molecule has 0 saturated carbocycles. The van der Waals surface area contributed by atoms with Gasteiger partial charge in [-0.3, -0.25) is 13.9 Å². The Bertz CT molecular complexity index is 1170. The molecule has 0 aliphatic carbocycles. The number of sulfonamides is 1. The maximum atomic E-state index is 13.7. The van der Waals surface area contributed by atoms with Crippen LogP contribution in [0.25, 0.3) is 0 Å². The first-order valence-electron chi connectivity index (χ1n) is 12.4. The van der Waals surface area contributed by atoms with E-state index in [1.54, 1.807) is 44.4 Å². The number of nitrogens with one attached hydrogen (secondary N) is 1. The standard InChI is InChI=1S/C28H41N3O5S/c1-20(2)17-29-27(33)21(3)30(18-22-10-9-11-25(16-22)36-7)26(32)19-31(37(8,34)35)24-14-12-23(13-15-24)28(4,5)6/h9-16,20-21H,17-19H2,1-8H3,(H,29,33)/t21-/m0/s1. The first-order valence-corrected chi connectivity index (χ1v) is 14.3. The van der Waals surface area contributed by atoms with Gasteiger partial charge in [0.15, 0.2) is 0 Å². The number of nitrogens with zero attached hydrogens (tertiary/aromatic N) is 2. The van der Waals surface area contributed by atoms with E-state index >= 15 is 0 Å². The SMILES string of the molecule is COc1cccc(CN(C(=O)CN(c2ccc(C(C)(C)C)cc2)S(C)(=O)=O)[C@@H](C)C(=O)NCC(C)C)c1. The molecule has 9 heteroatoms. The predicted octanol–water partition coefficient (Wildman–Crippen LogP) is 3.95. The van der Waals surface area contributed by atoms with Gasteiger partial charge in [0, 0.05) is 13.1 Å². The van der Waals surface area contributed by atoms with Crippen LogP contribution in [-0.2, 0) is 31.6 Å². The number of rotatable bonds is 11. The number of hydrogen-bond acceptors (Lipinski definition) is 5. The van der Waals surface area contributed by atoms with Crippen LogP contribution in [0.3, 0.4) is 0 Å². The fourth-order valence-electron chi connectivity index (χ4n) is 3.74. The van der Waals surface area contributed by atoms with Crippen LogP contribution in [0.15, 0.2) is 48.5 Å². The fraction of sp³-hybridized carbons (Fsp3) is 0.500. The first kappa shape index (κ1) is 30.2. The zero-order valence-electron chi connectivity index (χ0n) is 23.2. The summed E-state index contributed by atoms with van der Waals surface area (Å²) < 4.78 is 31.9. The minimum atomic E-state index is -3.78. The second-order valence-electron chi connectivity index (χ2n) is 10.8. The molecule has 0 heterocycles. The molecule has 2 aromatic carbocycles. The van der Waals surface area contributed by atoms with Crippen LogP contribution >= 0.6 is 0 Å². The molecule has 2 rings (SSSR count). The van der Waals surface area contributed by atoms with Crippen LogP contribution in [0.1, 0.15) is 52.7 Å².